The van der Waals surface area contributed by atoms with Crippen molar-refractivity contribution in [3.63, 3.8) is 0 Å². The molecular formula is C15H16Cl2N2O2. The lowest BCUT2D eigenvalue weighted by atomic mass is 10.1. The Hall–Kier alpha value is -1.52. The molecule has 0 aliphatic carbocycles. The molecule has 0 saturated carbocycles. The number of anilines is 2. The standard InChI is InChI=1S/C15H16Cl2N2O2/c1-15(2,3)19-12-11(13(20)14(12)21)18-7-8-5-4-6-9(16)10(8)17/h4-6,18-19H,7H2,1-3H3. The summed E-state index contributed by atoms with van der Waals surface area (Å²) in [5.41, 5.74) is 0.0758. The van der Waals surface area contributed by atoms with Gasteiger partial charge in [0, 0.05) is 12.1 Å². The van der Waals surface area contributed by atoms with E-state index < -0.39 is 10.9 Å². The van der Waals surface area contributed by atoms with Crippen LogP contribution < -0.4 is 21.5 Å². The van der Waals surface area contributed by atoms with Crippen LogP contribution in [-0.2, 0) is 6.54 Å². The highest BCUT2D eigenvalue weighted by Crippen LogP contribution is 2.27. The van der Waals surface area contributed by atoms with Crippen molar-refractivity contribution in [3.8, 4) is 0 Å². The second kappa shape index (κ2) is 5.70. The number of rotatable bonds is 4. The van der Waals surface area contributed by atoms with Gasteiger partial charge in [0.25, 0.3) is 10.9 Å². The topological polar surface area (TPSA) is 58.2 Å². The van der Waals surface area contributed by atoms with Crippen molar-refractivity contribution >= 4 is 34.6 Å². The highest BCUT2D eigenvalue weighted by atomic mass is 35.5. The summed E-state index contributed by atoms with van der Waals surface area (Å²) < 4.78 is 0. The van der Waals surface area contributed by atoms with Crippen LogP contribution in [0, 0.1) is 0 Å². The smallest absolute Gasteiger partial charge is 0.253 e. The second-order valence-corrected chi connectivity index (χ2v) is 6.63. The van der Waals surface area contributed by atoms with Crippen LogP contribution in [0.15, 0.2) is 27.8 Å². The first-order valence-electron chi connectivity index (χ1n) is 6.49. The van der Waals surface area contributed by atoms with E-state index in [4.69, 9.17) is 23.2 Å². The quantitative estimate of drug-likeness (QED) is 0.845. The first kappa shape index (κ1) is 15.9. The molecule has 112 valence electrons. The molecule has 0 unspecified atom stereocenters. The summed E-state index contributed by atoms with van der Waals surface area (Å²) in [5, 5.41) is 6.89. The van der Waals surface area contributed by atoms with Crippen LogP contribution in [0.3, 0.4) is 0 Å². The summed E-state index contributed by atoms with van der Waals surface area (Å²) in [4.78, 5) is 23.3. The molecule has 0 aromatic heterocycles. The van der Waals surface area contributed by atoms with Gasteiger partial charge >= 0.3 is 0 Å². The zero-order chi connectivity index (χ0) is 15.8. The Morgan fingerprint density at radius 2 is 1.67 bits per heavy atom. The molecule has 0 aliphatic rings. The molecule has 2 aromatic rings. The third-order valence-corrected chi connectivity index (χ3v) is 3.76. The van der Waals surface area contributed by atoms with Crippen LogP contribution in [0.1, 0.15) is 26.3 Å². The molecule has 0 heterocycles. The predicted molar refractivity (Wildman–Crippen MR) is 88.5 cm³/mol. The maximum absolute atomic E-state index is 11.7. The van der Waals surface area contributed by atoms with E-state index in [0.717, 1.165) is 5.56 Å². The Morgan fingerprint density at radius 1 is 1.05 bits per heavy atom. The molecule has 0 atom stereocenters. The minimum atomic E-state index is -0.514. The normalized spacial score (nSPS) is 11.7. The summed E-state index contributed by atoms with van der Waals surface area (Å²) in [6.45, 7) is 6.08. The van der Waals surface area contributed by atoms with Gasteiger partial charge in [0.1, 0.15) is 11.4 Å². The minimum absolute atomic E-state index is 0.297. The molecule has 4 nitrogen and oxygen atoms in total. The van der Waals surface area contributed by atoms with E-state index >= 15 is 0 Å². The van der Waals surface area contributed by atoms with E-state index in [1.54, 1.807) is 12.1 Å². The molecule has 0 amide bonds. The van der Waals surface area contributed by atoms with Gasteiger partial charge in [-0.15, -0.1) is 0 Å². The summed E-state index contributed by atoms with van der Waals surface area (Å²) in [5.74, 6) is 0. The molecule has 0 radical (unpaired) electrons. The maximum atomic E-state index is 11.7. The third kappa shape index (κ3) is 3.39. The van der Waals surface area contributed by atoms with Crippen molar-refractivity contribution in [2.45, 2.75) is 32.9 Å². The Kier molecular flexibility index (Phi) is 4.30. The van der Waals surface area contributed by atoms with Crippen molar-refractivity contribution in [2.75, 3.05) is 10.6 Å². The summed E-state index contributed by atoms with van der Waals surface area (Å²) in [7, 11) is 0. The molecule has 0 aliphatic heterocycles. The largest absolute Gasteiger partial charge is 0.376 e. The van der Waals surface area contributed by atoms with Gasteiger partial charge in [0.2, 0.25) is 0 Å². The number of benzene rings is 1. The van der Waals surface area contributed by atoms with Crippen LogP contribution in [0.4, 0.5) is 11.4 Å². The van der Waals surface area contributed by atoms with E-state index in [2.05, 4.69) is 10.6 Å². The van der Waals surface area contributed by atoms with Crippen LogP contribution in [0.25, 0.3) is 0 Å². The summed E-state index contributed by atoms with van der Waals surface area (Å²) in [6, 6.07) is 5.28. The Balaban J connectivity index is 2.18. The van der Waals surface area contributed by atoms with Gasteiger partial charge in [-0.1, -0.05) is 35.3 Å². The lowest BCUT2D eigenvalue weighted by Crippen LogP contribution is -2.41. The van der Waals surface area contributed by atoms with Crippen molar-refractivity contribution < 1.29 is 0 Å². The molecule has 2 N–H and O–H groups in total. The van der Waals surface area contributed by atoms with Crippen molar-refractivity contribution in [3.05, 3.63) is 54.3 Å². The molecule has 21 heavy (non-hydrogen) atoms. The Labute approximate surface area is 132 Å². The van der Waals surface area contributed by atoms with Crippen molar-refractivity contribution in [1.82, 2.24) is 0 Å². The monoisotopic (exact) mass is 326 g/mol. The number of hydrogen-bond donors (Lipinski definition) is 2. The van der Waals surface area contributed by atoms with Gasteiger partial charge in [0.15, 0.2) is 0 Å². The highest BCUT2D eigenvalue weighted by molar-refractivity contribution is 6.42. The number of nitrogens with one attached hydrogen (secondary N) is 2. The number of hydrogen-bond acceptors (Lipinski definition) is 4. The Morgan fingerprint density at radius 3 is 2.29 bits per heavy atom. The average Bonchev–Trinajstić information content (AvgIpc) is 2.40. The lowest BCUT2D eigenvalue weighted by molar-refractivity contribution is 0.632. The fourth-order valence-electron chi connectivity index (χ4n) is 1.92. The van der Waals surface area contributed by atoms with Gasteiger partial charge in [-0.25, -0.2) is 0 Å². The van der Waals surface area contributed by atoms with Crippen molar-refractivity contribution in [1.29, 1.82) is 0 Å². The first-order chi connectivity index (χ1) is 9.70. The number of halogens is 2. The van der Waals surface area contributed by atoms with Crippen molar-refractivity contribution in [2.24, 2.45) is 0 Å². The van der Waals surface area contributed by atoms with E-state index in [1.165, 1.54) is 0 Å². The maximum Gasteiger partial charge on any atom is 0.253 e. The highest BCUT2D eigenvalue weighted by Gasteiger charge is 2.24. The molecule has 0 saturated heterocycles. The lowest BCUT2D eigenvalue weighted by Gasteiger charge is -2.25. The van der Waals surface area contributed by atoms with Crippen LogP contribution in [0.2, 0.25) is 10.0 Å². The van der Waals surface area contributed by atoms with E-state index in [9.17, 15) is 9.59 Å². The van der Waals surface area contributed by atoms with Crippen LogP contribution >= 0.6 is 23.2 Å². The average molecular weight is 327 g/mol. The minimum Gasteiger partial charge on any atom is -0.376 e. The summed E-state index contributed by atoms with van der Waals surface area (Å²) in [6.07, 6.45) is 0. The predicted octanol–water partition coefficient (Wildman–Crippen LogP) is 3.41. The fourth-order valence-corrected chi connectivity index (χ4v) is 2.31. The molecule has 0 fully saturated rings. The van der Waals surface area contributed by atoms with Gasteiger partial charge in [0.05, 0.1) is 10.0 Å². The SMILES string of the molecule is CC(C)(C)Nc1c(NCc2cccc(Cl)c2Cl)c(=O)c1=O. The summed E-state index contributed by atoms with van der Waals surface area (Å²) >= 11 is 12.0. The van der Waals surface area contributed by atoms with Gasteiger partial charge < -0.3 is 10.6 Å². The van der Waals surface area contributed by atoms with Crippen LogP contribution in [0.5, 0.6) is 0 Å². The molecular weight excluding hydrogens is 311 g/mol. The van der Waals surface area contributed by atoms with E-state index in [0.29, 0.717) is 28.0 Å². The van der Waals surface area contributed by atoms with Crippen LogP contribution in [-0.4, -0.2) is 5.54 Å². The molecule has 6 heteroatoms. The molecule has 2 rings (SSSR count). The molecule has 2 aromatic carbocycles. The first-order valence-corrected chi connectivity index (χ1v) is 7.24. The molecule has 0 bridgehead atoms. The van der Waals surface area contributed by atoms with E-state index in [1.807, 2.05) is 26.8 Å². The third-order valence-electron chi connectivity index (χ3n) is 2.90. The van der Waals surface area contributed by atoms with E-state index in [-0.39, 0.29) is 5.54 Å². The van der Waals surface area contributed by atoms with Gasteiger partial charge in [-0.3, -0.25) is 9.59 Å². The molecule has 0 spiro atoms. The zero-order valence-corrected chi connectivity index (χ0v) is 13.5. The zero-order valence-electron chi connectivity index (χ0n) is 12.0. The Bertz CT molecular complexity index is 741. The fraction of sp³-hybridized carbons (Fsp3) is 0.333. The van der Waals surface area contributed by atoms with Gasteiger partial charge in [-0.05, 0) is 32.4 Å². The second-order valence-electron chi connectivity index (χ2n) is 5.85. The van der Waals surface area contributed by atoms with Gasteiger partial charge in [-0.2, -0.15) is 0 Å².